The summed E-state index contributed by atoms with van der Waals surface area (Å²) in [4.78, 5) is 56.1. The van der Waals surface area contributed by atoms with Crippen LogP contribution in [0.1, 0.15) is 25.0 Å². The largest absolute Gasteiger partial charge is 0.494 e. The first-order chi connectivity index (χ1) is 17.4. The molecule has 4 rings (SSSR count). The summed E-state index contributed by atoms with van der Waals surface area (Å²) in [5, 5.41) is 0.870. The third kappa shape index (κ3) is 4.89. The third-order valence-corrected chi connectivity index (χ3v) is 5.79. The Bertz CT molecular complexity index is 1180. The molecule has 1 aromatic carbocycles. The molecule has 0 saturated carbocycles. The standard InChI is InChI=1S/C23H21F3N2O9/c1-3-33-16-5-4-15(22(24,25)26)12-14(16)13-27-10-11-28-21(2,34-17(29)8-9-20(32)37-28)23(27)35-18(30)6-7-19(31)36-23/h4-9,12H,3,10-11,13H2,1-2H3/b9-8+/t21-/m1/s1. The molecular weight excluding hydrogens is 505 g/mol. The molecule has 1 saturated heterocycles. The van der Waals surface area contributed by atoms with Crippen LogP contribution in [0.15, 0.2) is 42.5 Å². The van der Waals surface area contributed by atoms with E-state index in [1.807, 2.05) is 0 Å². The summed E-state index contributed by atoms with van der Waals surface area (Å²) in [5.41, 5.74) is -3.25. The van der Waals surface area contributed by atoms with Crippen molar-refractivity contribution in [2.45, 2.75) is 38.2 Å². The van der Waals surface area contributed by atoms with Crippen LogP contribution in [-0.4, -0.2) is 65.2 Å². The quantitative estimate of drug-likeness (QED) is 0.534. The van der Waals surface area contributed by atoms with Crippen molar-refractivity contribution in [3.8, 4) is 5.75 Å². The number of carbonyl (C=O) groups is 4. The summed E-state index contributed by atoms with van der Waals surface area (Å²) < 4.78 is 62.5. The highest BCUT2D eigenvalue weighted by Gasteiger charge is 2.69. The molecule has 0 aromatic heterocycles. The predicted molar refractivity (Wildman–Crippen MR) is 114 cm³/mol. The Morgan fingerprint density at radius 2 is 1.51 bits per heavy atom. The number of rotatable bonds is 4. The van der Waals surface area contributed by atoms with Crippen LogP contribution in [0.2, 0.25) is 0 Å². The van der Waals surface area contributed by atoms with Crippen LogP contribution in [-0.2, 0) is 50.9 Å². The normalized spacial score (nSPS) is 25.1. The zero-order valence-corrected chi connectivity index (χ0v) is 19.6. The molecule has 11 nitrogen and oxygen atoms in total. The van der Waals surface area contributed by atoms with Gasteiger partial charge in [-0.15, -0.1) is 0 Å². The molecular formula is C23H21F3N2O9. The van der Waals surface area contributed by atoms with Crippen molar-refractivity contribution in [2.75, 3.05) is 19.7 Å². The van der Waals surface area contributed by atoms with Gasteiger partial charge in [-0.3, -0.25) is 0 Å². The minimum Gasteiger partial charge on any atom is -0.494 e. The van der Waals surface area contributed by atoms with Crippen molar-refractivity contribution in [3.63, 3.8) is 0 Å². The van der Waals surface area contributed by atoms with Gasteiger partial charge in [0.1, 0.15) is 5.75 Å². The predicted octanol–water partition coefficient (Wildman–Crippen LogP) is 1.82. The lowest BCUT2D eigenvalue weighted by Gasteiger charge is -2.55. The van der Waals surface area contributed by atoms with Gasteiger partial charge in [-0.25, -0.2) is 24.1 Å². The average Bonchev–Trinajstić information content (AvgIpc) is 2.96. The van der Waals surface area contributed by atoms with E-state index in [2.05, 4.69) is 0 Å². The maximum atomic E-state index is 13.5. The molecule has 0 radical (unpaired) electrons. The lowest BCUT2D eigenvalue weighted by Crippen LogP contribution is -2.78. The number of piperazine rings is 1. The number of alkyl halides is 3. The second-order valence-electron chi connectivity index (χ2n) is 8.18. The highest BCUT2D eigenvalue weighted by molar-refractivity contribution is 5.94. The molecule has 0 amide bonds. The van der Waals surface area contributed by atoms with Crippen molar-refractivity contribution in [3.05, 3.63) is 53.6 Å². The summed E-state index contributed by atoms with van der Waals surface area (Å²) in [6.07, 6.45) is -1.57. The highest BCUT2D eigenvalue weighted by Crippen LogP contribution is 2.44. The summed E-state index contributed by atoms with van der Waals surface area (Å²) in [6, 6.07) is 2.84. The number of hydroxylamine groups is 2. The van der Waals surface area contributed by atoms with Crippen LogP contribution >= 0.6 is 0 Å². The molecule has 198 valence electrons. The molecule has 1 atom stereocenters. The lowest BCUT2D eigenvalue weighted by molar-refractivity contribution is -0.439. The van der Waals surface area contributed by atoms with Crippen LogP contribution in [0.4, 0.5) is 13.2 Å². The van der Waals surface area contributed by atoms with Crippen molar-refractivity contribution >= 4 is 23.9 Å². The Hall–Kier alpha value is -3.91. The monoisotopic (exact) mass is 526 g/mol. The number of hydrogen-bond donors (Lipinski definition) is 0. The van der Waals surface area contributed by atoms with Gasteiger partial charge in [-0.2, -0.15) is 13.2 Å². The number of fused-ring (bicyclic) bond motifs is 2. The first-order valence-corrected chi connectivity index (χ1v) is 11.0. The molecule has 3 heterocycles. The maximum Gasteiger partial charge on any atom is 0.416 e. The SMILES string of the molecule is CCOc1ccc(C(F)(F)F)cc1CN1CCN2OC(=O)/C=C/C(=O)O[C@]2(C)C12OC(=O)C=CC(=O)O2. The fourth-order valence-corrected chi connectivity index (χ4v) is 4.16. The molecule has 37 heavy (non-hydrogen) atoms. The van der Waals surface area contributed by atoms with Gasteiger partial charge in [0, 0.05) is 49.9 Å². The van der Waals surface area contributed by atoms with Crippen LogP contribution in [0.5, 0.6) is 5.75 Å². The van der Waals surface area contributed by atoms with Gasteiger partial charge < -0.3 is 23.8 Å². The molecule has 1 aromatic rings. The van der Waals surface area contributed by atoms with Crippen molar-refractivity contribution in [1.82, 2.24) is 9.96 Å². The Morgan fingerprint density at radius 1 is 0.919 bits per heavy atom. The van der Waals surface area contributed by atoms with Gasteiger partial charge in [0.15, 0.2) is 0 Å². The minimum atomic E-state index is -4.68. The maximum absolute atomic E-state index is 13.5. The Labute approximate surface area is 207 Å². The van der Waals surface area contributed by atoms with E-state index in [-0.39, 0.29) is 31.0 Å². The number of hydrogen-bond acceptors (Lipinski definition) is 11. The van der Waals surface area contributed by atoms with Crippen molar-refractivity contribution in [2.24, 2.45) is 0 Å². The van der Waals surface area contributed by atoms with Gasteiger partial charge in [0.2, 0.25) is 0 Å². The molecule has 3 aliphatic heterocycles. The van der Waals surface area contributed by atoms with Gasteiger partial charge in [0.05, 0.1) is 18.7 Å². The number of ether oxygens (including phenoxy) is 4. The van der Waals surface area contributed by atoms with E-state index in [1.54, 1.807) is 6.92 Å². The summed E-state index contributed by atoms with van der Waals surface area (Å²) >= 11 is 0. The number of nitrogens with zero attached hydrogens (tertiary/aromatic N) is 2. The summed E-state index contributed by atoms with van der Waals surface area (Å²) in [6.45, 7) is 2.14. The molecule has 0 N–H and O–H groups in total. The number of halogens is 3. The Morgan fingerprint density at radius 3 is 2.11 bits per heavy atom. The third-order valence-electron chi connectivity index (χ3n) is 5.79. The fraction of sp³-hybridized carbons (Fsp3) is 0.391. The smallest absolute Gasteiger partial charge is 0.416 e. The lowest BCUT2D eigenvalue weighted by atomic mass is 10.0. The van der Waals surface area contributed by atoms with Crippen LogP contribution in [0, 0.1) is 0 Å². The number of esters is 3. The van der Waals surface area contributed by atoms with E-state index >= 15 is 0 Å². The van der Waals surface area contributed by atoms with Crippen molar-refractivity contribution in [1.29, 1.82) is 0 Å². The molecule has 0 bridgehead atoms. The van der Waals surface area contributed by atoms with Crippen LogP contribution < -0.4 is 4.74 Å². The first kappa shape index (κ1) is 26.2. The average molecular weight is 526 g/mol. The van der Waals surface area contributed by atoms with Gasteiger partial charge in [0.25, 0.3) is 5.72 Å². The molecule has 0 aliphatic carbocycles. The fourth-order valence-electron chi connectivity index (χ4n) is 4.16. The number of carbonyl (C=O) groups excluding carboxylic acids is 4. The van der Waals surface area contributed by atoms with Gasteiger partial charge >= 0.3 is 36.0 Å². The van der Waals surface area contributed by atoms with Crippen molar-refractivity contribution < 1.29 is 56.1 Å². The first-order valence-electron chi connectivity index (χ1n) is 11.0. The molecule has 1 fully saturated rings. The molecule has 3 aliphatic rings. The second-order valence-corrected chi connectivity index (χ2v) is 8.18. The highest BCUT2D eigenvalue weighted by atomic mass is 19.4. The molecule has 14 heteroatoms. The summed E-state index contributed by atoms with van der Waals surface area (Å²) in [5.74, 6) is -6.72. The zero-order valence-electron chi connectivity index (χ0n) is 19.6. The van der Waals surface area contributed by atoms with Crippen LogP contribution in [0.25, 0.3) is 0 Å². The van der Waals surface area contributed by atoms with E-state index in [0.717, 1.165) is 47.6 Å². The van der Waals surface area contributed by atoms with Crippen LogP contribution in [0.3, 0.4) is 0 Å². The second kappa shape index (κ2) is 9.52. The Balaban J connectivity index is 1.86. The van der Waals surface area contributed by atoms with Gasteiger partial charge in [-0.05, 0) is 25.1 Å². The van der Waals surface area contributed by atoms with E-state index < -0.39 is 53.8 Å². The van der Waals surface area contributed by atoms with E-state index in [1.165, 1.54) is 11.8 Å². The van der Waals surface area contributed by atoms with E-state index in [4.69, 9.17) is 23.8 Å². The van der Waals surface area contributed by atoms with E-state index in [0.29, 0.717) is 0 Å². The summed E-state index contributed by atoms with van der Waals surface area (Å²) in [7, 11) is 0. The van der Waals surface area contributed by atoms with E-state index in [9.17, 15) is 32.3 Å². The topological polar surface area (TPSA) is 121 Å². The number of benzene rings is 1. The zero-order chi connectivity index (χ0) is 27.0. The van der Waals surface area contributed by atoms with Gasteiger partial charge in [-0.1, -0.05) is 5.06 Å². The molecule has 0 unspecified atom stereocenters. The molecule has 1 spiro atoms. The Kier molecular flexibility index (Phi) is 6.73. The minimum absolute atomic E-state index is 0.00599.